The lowest BCUT2D eigenvalue weighted by Crippen LogP contribution is -2.24. The van der Waals surface area contributed by atoms with Crippen LogP contribution in [0, 0.1) is 0 Å². The zero-order valence-corrected chi connectivity index (χ0v) is 12.2. The highest BCUT2D eigenvalue weighted by molar-refractivity contribution is 6.31. The van der Waals surface area contributed by atoms with Gasteiger partial charge >= 0.3 is 0 Å². The van der Waals surface area contributed by atoms with Crippen molar-refractivity contribution in [3.63, 3.8) is 0 Å². The van der Waals surface area contributed by atoms with Gasteiger partial charge in [0.25, 0.3) is 5.91 Å². The van der Waals surface area contributed by atoms with Gasteiger partial charge in [0, 0.05) is 17.8 Å². The highest BCUT2D eigenvalue weighted by Crippen LogP contribution is 2.21. The molecule has 0 unspecified atom stereocenters. The van der Waals surface area contributed by atoms with Gasteiger partial charge in [0.1, 0.15) is 5.69 Å². The molecule has 0 aliphatic heterocycles. The predicted octanol–water partition coefficient (Wildman–Crippen LogP) is 3.62. The van der Waals surface area contributed by atoms with E-state index in [-0.39, 0.29) is 5.91 Å². The molecule has 3 nitrogen and oxygen atoms in total. The first-order chi connectivity index (χ1) is 9.72. The quantitative estimate of drug-likeness (QED) is 0.913. The monoisotopic (exact) mass is 288 g/mol. The lowest BCUT2D eigenvalue weighted by molar-refractivity contribution is 0.0946. The van der Waals surface area contributed by atoms with E-state index < -0.39 is 0 Å². The summed E-state index contributed by atoms with van der Waals surface area (Å²) in [5.41, 5.74) is 2.58. The van der Waals surface area contributed by atoms with Crippen LogP contribution >= 0.6 is 11.6 Å². The van der Waals surface area contributed by atoms with Crippen molar-refractivity contribution in [1.82, 2.24) is 10.3 Å². The van der Waals surface area contributed by atoms with Crippen LogP contribution in [0.1, 0.15) is 35.0 Å². The lowest BCUT2D eigenvalue weighted by atomic mass is 10.0. The maximum atomic E-state index is 12.0. The van der Waals surface area contributed by atoms with Crippen LogP contribution in [0.4, 0.5) is 0 Å². The summed E-state index contributed by atoms with van der Waals surface area (Å²) in [5, 5.41) is 3.56. The zero-order valence-electron chi connectivity index (χ0n) is 11.4. The summed E-state index contributed by atoms with van der Waals surface area (Å²) < 4.78 is 0. The summed E-state index contributed by atoms with van der Waals surface area (Å²) in [6, 6.07) is 11.1. The van der Waals surface area contributed by atoms with Gasteiger partial charge in [0.2, 0.25) is 0 Å². The highest BCUT2D eigenvalue weighted by Gasteiger charge is 2.10. The second kappa shape index (κ2) is 7.06. The largest absolute Gasteiger partial charge is 0.347 e. The van der Waals surface area contributed by atoms with Crippen LogP contribution in [0.2, 0.25) is 5.02 Å². The van der Waals surface area contributed by atoms with Crippen molar-refractivity contribution in [1.29, 1.82) is 0 Å². The van der Waals surface area contributed by atoms with Gasteiger partial charge in [-0.25, -0.2) is 0 Å². The average molecular weight is 289 g/mol. The Kier molecular flexibility index (Phi) is 5.13. The topological polar surface area (TPSA) is 42.0 Å². The van der Waals surface area contributed by atoms with E-state index in [2.05, 4.69) is 23.3 Å². The van der Waals surface area contributed by atoms with Gasteiger partial charge < -0.3 is 5.32 Å². The molecule has 20 heavy (non-hydrogen) atoms. The van der Waals surface area contributed by atoms with Crippen molar-refractivity contribution >= 4 is 17.5 Å². The van der Waals surface area contributed by atoms with Crippen LogP contribution in [-0.4, -0.2) is 10.9 Å². The molecule has 104 valence electrons. The number of rotatable bonds is 5. The third kappa shape index (κ3) is 3.58. The highest BCUT2D eigenvalue weighted by atomic mass is 35.5. The fourth-order valence-electron chi connectivity index (χ4n) is 2.06. The molecule has 0 fully saturated rings. The summed E-state index contributed by atoms with van der Waals surface area (Å²) in [5.74, 6) is -0.187. The van der Waals surface area contributed by atoms with Gasteiger partial charge in [-0.15, -0.1) is 0 Å². The third-order valence-electron chi connectivity index (χ3n) is 3.06. The molecule has 0 aliphatic rings. The molecule has 1 aromatic heterocycles. The molecular weight excluding hydrogens is 272 g/mol. The predicted molar refractivity (Wildman–Crippen MR) is 80.9 cm³/mol. The number of aromatic nitrogens is 1. The van der Waals surface area contributed by atoms with Crippen molar-refractivity contribution in [3.05, 3.63) is 64.4 Å². The Hall–Kier alpha value is -1.87. The Labute approximate surface area is 124 Å². The van der Waals surface area contributed by atoms with Crippen LogP contribution < -0.4 is 5.32 Å². The second-order valence-corrected chi connectivity index (χ2v) is 4.93. The van der Waals surface area contributed by atoms with Gasteiger partial charge in [-0.3, -0.25) is 9.78 Å². The molecule has 0 saturated heterocycles. The van der Waals surface area contributed by atoms with Crippen LogP contribution in [0.25, 0.3) is 0 Å². The van der Waals surface area contributed by atoms with Crippen LogP contribution in [0.5, 0.6) is 0 Å². The van der Waals surface area contributed by atoms with Crippen molar-refractivity contribution < 1.29 is 4.79 Å². The average Bonchev–Trinajstić information content (AvgIpc) is 2.47. The Morgan fingerprint density at radius 3 is 2.80 bits per heavy atom. The number of pyridine rings is 1. The standard InChI is InChI=1S/C16H17ClN2O/c1-2-6-12-7-5-8-14(17)13(12)11-19-16(20)15-9-3-4-10-18-15/h3-5,7-10H,2,6,11H2,1H3,(H,19,20). The van der Waals surface area contributed by atoms with E-state index in [0.29, 0.717) is 17.3 Å². The summed E-state index contributed by atoms with van der Waals surface area (Å²) in [6.45, 7) is 2.54. The molecule has 1 amide bonds. The first-order valence-corrected chi connectivity index (χ1v) is 7.05. The molecule has 0 atom stereocenters. The van der Waals surface area contributed by atoms with Crippen LogP contribution in [0.15, 0.2) is 42.6 Å². The number of nitrogens with one attached hydrogen (secondary N) is 1. The second-order valence-electron chi connectivity index (χ2n) is 4.53. The number of aryl methyl sites for hydroxylation is 1. The van der Waals surface area contributed by atoms with Crippen LogP contribution in [0.3, 0.4) is 0 Å². The van der Waals surface area contributed by atoms with E-state index in [1.165, 1.54) is 5.56 Å². The molecule has 2 aromatic rings. The molecule has 4 heteroatoms. The summed E-state index contributed by atoms with van der Waals surface area (Å²) >= 11 is 6.23. The van der Waals surface area contributed by atoms with E-state index in [9.17, 15) is 4.79 Å². The third-order valence-corrected chi connectivity index (χ3v) is 3.41. The Balaban J connectivity index is 2.09. The number of nitrogens with zero attached hydrogens (tertiary/aromatic N) is 1. The molecular formula is C16H17ClN2O. The van der Waals surface area contributed by atoms with Gasteiger partial charge in [-0.2, -0.15) is 0 Å². The van der Waals surface area contributed by atoms with Crippen molar-refractivity contribution in [2.75, 3.05) is 0 Å². The zero-order chi connectivity index (χ0) is 14.4. The molecule has 2 rings (SSSR count). The normalized spacial score (nSPS) is 10.3. The number of benzene rings is 1. The molecule has 1 aromatic carbocycles. The Morgan fingerprint density at radius 1 is 1.25 bits per heavy atom. The minimum absolute atomic E-state index is 0.187. The first kappa shape index (κ1) is 14.5. The van der Waals surface area contributed by atoms with E-state index in [0.717, 1.165) is 18.4 Å². The maximum absolute atomic E-state index is 12.0. The molecule has 0 radical (unpaired) electrons. The summed E-state index contributed by atoms with van der Waals surface area (Å²) in [4.78, 5) is 16.0. The number of carbonyl (C=O) groups is 1. The summed E-state index contributed by atoms with van der Waals surface area (Å²) in [6.07, 6.45) is 3.60. The van der Waals surface area contributed by atoms with Gasteiger partial charge in [-0.1, -0.05) is 43.1 Å². The Bertz CT molecular complexity index is 584. The fourth-order valence-corrected chi connectivity index (χ4v) is 2.32. The number of carbonyl (C=O) groups excluding carboxylic acids is 1. The van der Waals surface area contributed by atoms with Crippen LogP contribution in [-0.2, 0) is 13.0 Å². The molecule has 0 bridgehead atoms. The van der Waals surface area contributed by atoms with Crippen molar-refractivity contribution in [3.8, 4) is 0 Å². The van der Waals surface area contributed by atoms with E-state index in [1.54, 1.807) is 24.4 Å². The molecule has 1 heterocycles. The maximum Gasteiger partial charge on any atom is 0.270 e. The van der Waals surface area contributed by atoms with Gasteiger partial charge in [0.05, 0.1) is 0 Å². The first-order valence-electron chi connectivity index (χ1n) is 6.68. The smallest absolute Gasteiger partial charge is 0.270 e. The Morgan fingerprint density at radius 2 is 2.10 bits per heavy atom. The number of hydrogen-bond acceptors (Lipinski definition) is 2. The minimum Gasteiger partial charge on any atom is -0.347 e. The van der Waals surface area contributed by atoms with E-state index in [1.807, 2.05) is 12.1 Å². The van der Waals surface area contributed by atoms with E-state index >= 15 is 0 Å². The van der Waals surface area contributed by atoms with Gasteiger partial charge in [-0.05, 0) is 35.7 Å². The fraction of sp³-hybridized carbons (Fsp3) is 0.250. The molecule has 0 aliphatic carbocycles. The molecule has 1 N–H and O–H groups in total. The number of halogens is 1. The van der Waals surface area contributed by atoms with E-state index in [4.69, 9.17) is 11.6 Å². The van der Waals surface area contributed by atoms with Crippen molar-refractivity contribution in [2.45, 2.75) is 26.3 Å². The lowest BCUT2D eigenvalue weighted by Gasteiger charge is -2.12. The number of hydrogen-bond donors (Lipinski definition) is 1. The molecule has 0 spiro atoms. The minimum atomic E-state index is -0.187. The van der Waals surface area contributed by atoms with Gasteiger partial charge in [0.15, 0.2) is 0 Å². The van der Waals surface area contributed by atoms with Crippen molar-refractivity contribution in [2.24, 2.45) is 0 Å². The number of amides is 1. The SMILES string of the molecule is CCCc1cccc(Cl)c1CNC(=O)c1ccccn1. The summed E-state index contributed by atoms with van der Waals surface area (Å²) in [7, 11) is 0. The molecule has 0 saturated carbocycles.